The van der Waals surface area contributed by atoms with Crippen LogP contribution in [0, 0.1) is 5.92 Å². The Hall–Kier alpha value is -1.72. The third-order valence-electron chi connectivity index (χ3n) is 6.39. The van der Waals surface area contributed by atoms with Gasteiger partial charge in [-0.15, -0.1) is 0 Å². The van der Waals surface area contributed by atoms with Gasteiger partial charge >= 0.3 is 0 Å². The Bertz CT molecular complexity index is 831. The van der Waals surface area contributed by atoms with Crippen LogP contribution in [0.2, 0.25) is 0 Å². The number of nitrogens with zero attached hydrogens (tertiary/aromatic N) is 1. The van der Waals surface area contributed by atoms with E-state index >= 15 is 0 Å². The molecule has 2 aliphatic rings. The zero-order valence-corrected chi connectivity index (χ0v) is 17.7. The Labute approximate surface area is 175 Å². The molecule has 1 saturated carbocycles. The molecule has 150 valence electrons. The second kappa shape index (κ2) is 8.34. The van der Waals surface area contributed by atoms with Crippen molar-refractivity contribution >= 4 is 15.9 Å². The molecular weight excluding hydrogens is 418 g/mol. The van der Waals surface area contributed by atoms with Gasteiger partial charge < -0.3 is 20.2 Å². The predicted octanol–water partition coefficient (Wildman–Crippen LogP) is 5.14. The summed E-state index contributed by atoms with van der Waals surface area (Å²) in [6.45, 7) is 2.93. The Morgan fingerprint density at radius 2 is 1.71 bits per heavy atom. The van der Waals surface area contributed by atoms with E-state index in [1.165, 1.54) is 32.1 Å². The number of aromatic hydroxyl groups is 3. The van der Waals surface area contributed by atoms with Crippen molar-refractivity contribution in [2.24, 2.45) is 5.92 Å². The quantitative estimate of drug-likeness (QED) is 0.572. The van der Waals surface area contributed by atoms with E-state index in [4.69, 9.17) is 0 Å². The molecule has 28 heavy (non-hydrogen) atoms. The molecule has 1 atom stereocenters. The number of benzene rings is 2. The van der Waals surface area contributed by atoms with Gasteiger partial charge in [0, 0.05) is 25.6 Å². The standard InChI is InChI=1S/C23H28BrNO3/c24-22-18-10-11-25(13-15-4-2-1-3-5-15)14-20(16-6-8-17(26)9-7-16)19(18)12-21(27)23(22)28/h6-9,12,15,20,26-28H,1-5,10-11,13-14H2. The van der Waals surface area contributed by atoms with Gasteiger partial charge in [0.2, 0.25) is 0 Å². The van der Waals surface area contributed by atoms with Crippen LogP contribution in [0.25, 0.3) is 0 Å². The molecule has 4 rings (SSSR count). The molecule has 0 radical (unpaired) electrons. The van der Waals surface area contributed by atoms with Crippen LogP contribution < -0.4 is 0 Å². The van der Waals surface area contributed by atoms with Crippen molar-refractivity contribution in [3.05, 3.63) is 51.5 Å². The molecule has 5 heteroatoms. The third kappa shape index (κ3) is 4.01. The first-order valence-electron chi connectivity index (χ1n) is 10.3. The fourth-order valence-corrected chi connectivity index (χ4v) is 5.49. The first kappa shape index (κ1) is 19.6. The molecule has 1 fully saturated rings. The summed E-state index contributed by atoms with van der Waals surface area (Å²) >= 11 is 3.51. The number of phenolic OH excluding ortho intramolecular Hbond substituents is 3. The van der Waals surface area contributed by atoms with Gasteiger partial charge in [-0.2, -0.15) is 0 Å². The third-order valence-corrected chi connectivity index (χ3v) is 7.24. The van der Waals surface area contributed by atoms with Gasteiger partial charge in [-0.1, -0.05) is 31.4 Å². The number of rotatable bonds is 3. The van der Waals surface area contributed by atoms with Gasteiger partial charge in [-0.25, -0.2) is 0 Å². The Balaban J connectivity index is 1.69. The lowest BCUT2D eigenvalue weighted by molar-refractivity contribution is 0.202. The average molecular weight is 446 g/mol. The van der Waals surface area contributed by atoms with Crippen LogP contribution in [0.1, 0.15) is 54.7 Å². The van der Waals surface area contributed by atoms with Crippen molar-refractivity contribution in [2.75, 3.05) is 19.6 Å². The molecular formula is C23H28BrNO3. The molecule has 1 unspecified atom stereocenters. The molecule has 2 aromatic carbocycles. The van der Waals surface area contributed by atoms with Gasteiger partial charge in [0.15, 0.2) is 11.5 Å². The highest BCUT2D eigenvalue weighted by molar-refractivity contribution is 9.10. The Morgan fingerprint density at radius 3 is 2.43 bits per heavy atom. The molecule has 0 spiro atoms. The molecule has 1 aliphatic carbocycles. The molecule has 3 N–H and O–H groups in total. The molecule has 4 nitrogen and oxygen atoms in total. The maximum absolute atomic E-state index is 10.3. The zero-order valence-electron chi connectivity index (χ0n) is 16.1. The van der Waals surface area contributed by atoms with Gasteiger partial charge in [-0.3, -0.25) is 0 Å². The second-order valence-corrected chi connectivity index (χ2v) is 9.08. The molecule has 0 saturated heterocycles. The van der Waals surface area contributed by atoms with Crippen molar-refractivity contribution in [3.8, 4) is 17.2 Å². The molecule has 0 aromatic heterocycles. The molecule has 0 amide bonds. The lowest BCUT2D eigenvalue weighted by Gasteiger charge is -2.31. The number of halogens is 1. The van der Waals surface area contributed by atoms with Crippen LogP contribution in [-0.2, 0) is 6.42 Å². The SMILES string of the molecule is Oc1ccc(C2CN(CC3CCCCC3)CCc3c2cc(O)c(O)c3Br)cc1. The highest BCUT2D eigenvalue weighted by Crippen LogP contribution is 2.44. The van der Waals surface area contributed by atoms with Gasteiger partial charge in [0.25, 0.3) is 0 Å². The summed E-state index contributed by atoms with van der Waals surface area (Å²) in [5.74, 6) is 0.940. The van der Waals surface area contributed by atoms with Crippen molar-refractivity contribution in [3.63, 3.8) is 0 Å². The van der Waals surface area contributed by atoms with Crippen LogP contribution >= 0.6 is 15.9 Å². The minimum absolute atomic E-state index is 0.0797. The highest BCUT2D eigenvalue weighted by atomic mass is 79.9. The summed E-state index contributed by atoms with van der Waals surface area (Å²) in [6.07, 6.45) is 7.52. The second-order valence-electron chi connectivity index (χ2n) is 8.28. The zero-order chi connectivity index (χ0) is 19.7. The molecule has 0 bridgehead atoms. The summed E-state index contributed by atoms with van der Waals surface area (Å²) < 4.78 is 0.603. The summed E-state index contributed by atoms with van der Waals surface area (Å²) in [4.78, 5) is 2.55. The van der Waals surface area contributed by atoms with E-state index < -0.39 is 0 Å². The van der Waals surface area contributed by atoms with E-state index in [9.17, 15) is 15.3 Å². The van der Waals surface area contributed by atoms with Crippen LogP contribution in [0.15, 0.2) is 34.8 Å². The van der Waals surface area contributed by atoms with Crippen LogP contribution in [0.3, 0.4) is 0 Å². The number of hydrogen-bond donors (Lipinski definition) is 3. The fourth-order valence-electron chi connectivity index (χ4n) is 4.86. The smallest absolute Gasteiger partial charge is 0.172 e. The summed E-state index contributed by atoms with van der Waals surface area (Å²) in [5, 5.41) is 30.2. The number of phenols is 3. The van der Waals surface area contributed by atoms with Crippen LogP contribution in [0.5, 0.6) is 17.2 Å². The molecule has 1 aliphatic heterocycles. The minimum Gasteiger partial charge on any atom is -0.508 e. The average Bonchev–Trinajstić information content (AvgIpc) is 2.87. The van der Waals surface area contributed by atoms with E-state index in [0.29, 0.717) is 4.47 Å². The van der Waals surface area contributed by atoms with E-state index in [-0.39, 0.29) is 23.2 Å². The molecule has 2 aromatic rings. The van der Waals surface area contributed by atoms with Gasteiger partial charge in [0.1, 0.15) is 5.75 Å². The summed E-state index contributed by atoms with van der Waals surface area (Å²) in [5.41, 5.74) is 3.24. The van der Waals surface area contributed by atoms with Crippen molar-refractivity contribution in [2.45, 2.75) is 44.4 Å². The monoisotopic (exact) mass is 445 g/mol. The van der Waals surface area contributed by atoms with Crippen LogP contribution in [-0.4, -0.2) is 39.9 Å². The lowest BCUT2D eigenvalue weighted by Crippen LogP contribution is -2.34. The largest absolute Gasteiger partial charge is 0.508 e. The topological polar surface area (TPSA) is 63.9 Å². The van der Waals surface area contributed by atoms with Gasteiger partial charge in [0.05, 0.1) is 4.47 Å². The van der Waals surface area contributed by atoms with Crippen molar-refractivity contribution < 1.29 is 15.3 Å². The maximum atomic E-state index is 10.3. The highest BCUT2D eigenvalue weighted by Gasteiger charge is 2.29. The summed E-state index contributed by atoms with van der Waals surface area (Å²) in [6, 6.07) is 9.09. The Kier molecular flexibility index (Phi) is 5.83. The van der Waals surface area contributed by atoms with Crippen molar-refractivity contribution in [1.82, 2.24) is 4.90 Å². The first-order chi connectivity index (χ1) is 13.5. The van der Waals surface area contributed by atoms with E-state index in [1.54, 1.807) is 18.2 Å². The van der Waals surface area contributed by atoms with E-state index in [1.807, 2.05) is 12.1 Å². The number of fused-ring (bicyclic) bond motifs is 1. The molecule has 1 heterocycles. The normalized spacial score (nSPS) is 21.2. The lowest BCUT2D eigenvalue weighted by atomic mass is 9.87. The predicted molar refractivity (Wildman–Crippen MR) is 114 cm³/mol. The number of hydrogen-bond acceptors (Lipinski definition) is 4. The van der Waals surface area contributed by atoms with Gasteiger partial charge in [-0.05, 0) is 76.0 Å². The Morgan fingerprint density at radius 1 is 1.00 bits per heavy atom. The fraction of sp³-hybridized carbons (Fsp3) is 0.478. The van der Waals surface area contributed by atoms with Crippen molar-refractivity contribution in [1.29, 1.82) is 0 Å². The maximum Gasteiger partial charge on any atom is 0.172 e. The van der Waals surface area contributed by atoms with E-state index in [0.717, 1.165) is 48.7 Å². The minimum atomic E-state index is -0.0878. The van der Waals surface area contributed by atoms with E-state index in [2.05, 4.69) is 20.8 Å². The summed E-state index contributed by atoms with van der Waals surface area (Å²) in [7, 11) is 0. The first-order valence-corrected chi connectivity index (χ1v) is 11.1. The van der Waals surface area contributed by atoms with Crippen LogP contribution in [0.4, 0.5) is 0 Å².